The molecule has 0 aromatic heterocycles. The number of hydrogen-bond acceptors (Lipinski definition) is 4. The second-order valence-corrected chi connectivity index (χ2v) is 6.35. The molecule has 0 spiro atoms. The van der Waals surface area contributed by atoms with Gasteiger partial charge in [-0.25, -0.2) is 0 Å². The minimum Gasteiger partial charge on any atom is -0.469 e. The van der Waals surface area contributed by atoms with Crippen LogP contribution in [0.4, 0.5) is 0 Å². The first kappa shape index (κ1) is 18.1. The van der Waals surface area contributed by atoms with Crippen molar-refractivity contribution in [3.8, 4) is 11.1 Å². The van der Waals surface area contributed by atoms with Gasteiger partial charge in [-0.2, -0.15) is 0 Å². The lowest BCUT2D eigenvalue weighted by molar-refractivity contribution is -0.149. The van der Waals surface area contributed by atoms with Gasteiger partial charge in [0.1, 0.15) is 0 Å². The van der Waals surface area contributed by atoms with Crippen molar-refractivity contribution in [3.63, 3.8) is 0 Å². The molecule has 5 nitrogen and oxygen atoms in total. The average molecular weight is 353 g/mol. The monoisotopic (exact) mass is 353 g/mol. The first-order valence-electron chi connectivity index (χ1n) is 8.76. The van der Waals surface area contributed by atoms with Crippen LogP contribution in [0.2, 0.25) is 0 Å². The predicted octanol–water partition coefficient (Wildman–Crippen LogP) is 2.69. The Morgan fingerprint density at radius 1 is 1.08 bits per heavy atom. The van der Waals surface area contributed by atoms with Crippen LogP contribution in [0.15, 0.2) is 54.6 Å². The smallest absolute Gasteiger partial charge is 0.308 e. The molecule has 136 valence electrons. The van der Waals surface area contributed by atoms with Crippen molar-refractivity contribution in [2.45, 2.75) is 18.9 Å². The zero-order valence-electron chi connectivity index (χ0n) is 14.9. The first-order valence-corrected chi connectivity index (χ1v) is 8.76. The zero-order chi connectivity index (χ0) is 18.4. The fourth-order valence-electron chi connectivity index (χ4n) is 3.07. The Morgan fingerprint density at radius 2 is 1.77 bits per heavy atom. The van der Waals surface area contributed by atoms with Crippen molar-refractivity contribution >= 4 is 11.9 Å². The quantitative estimate of drug-likeness (QED) is 0.776. The molecular weight excluding hydrogens is 330 g/mol. The third kappa shape index (κ3) is 4.70. The van der Waals surface area contributed by atoms with Gasteiger partial charge in [-0.3, -0.25) is 9.59 Å². The van der Waals surface area contributed by atoms with Crippen molar-refractivity contribution in [2.75, 3.05) is 26.8 Å². The van der Waals surface area contributed by atoms with E-state index in [9.17, 15) is 9.59 Å². The largest absolute Gasteiger partial charge is 0.469 e. The van der Waals surface area contributed by atoms with Gasteiger partial charge in [-0.1, -0.05) is 54.6 Å². The molecule has 2 aromatic rings. The third-order valence-corrected chi connectivity index (χ3v) is 4.53. The lowest BCUT2D eigenvalue weighted by Crippen LogP contribution is -2.46. The Hall–Kier alpha value is -2.66. The highest BCUT2D eigenvalue weighted by molar-refractivity contribution is 5.79. The molecule has 0 saturated carbocycles. The van der Waals surface area contributed by atoms with E-state index in [2.05, 4.69) is 16.9 Å². The van der Waals surface area contributed by atoms with Crippen LogP contribution in [0.1, 0.15) is 12.0 Å². The van der Waals surface area contributed by atoms with E-state index >= 15 is 0 Å². The molecule has 1 aliphatic rings. The van der Waals surface area contributed by atoms with Crippen LogP contribution in [0.3, 0.4) is 0 Å². The highest BCUT2D eigenvalue weighted by atomic mass is 16.5. The number of nitrogens with zero attached hydrogens (tertiary/aromatic N) is 1. The Balaban J connectivity index is 1.58. The fraction of sp³-hybridized carbons (Fsp3) is 0.333. The van der Waals surface area contributed by atoms with Gasteiger partial charge in [-0.05, 0) is 16.7 Å². The maximum absolute atomic E-state index is 12.6. The molecule has 5 heteroatoms. The summed E-state index contributed by atoms with van der Waals surface area (Å²) in [4.78, 5) is 25.7. The van der Waals surface area contributed by atoms with Gasteiger partial charge in [0.05, 0.1) is 32.7 Å². The number of carbonyl (C=O) groups excluding carboxylic acids is 2. The number of hydrogen-bond donors (Lipinski definition) is 0. The summed E-state index contributed by atoms with van der Waals surface area (Å²) in [5.41, 5.74) is 3.27. The average Bonchev–Trinajstić information content (AvgIpc) is 2.69. The molecule has 1 amide bonds. The summed E-state index contributed by atoms with van der Waals surface area (Å²) in [5, 5.41) is 0. The second kappa shape index (κ2) is 8.63. The highest BCUT2D eigenvalue weighted by Crippen LogP contribution is 2.20. The maximum Gasteiger partial charge on any atom is 0.308 e. The fourth-order valence-corrected chi connectivity index (χ4v) is 3.07. The normalized spacial score (nSPS) is 17.0. The first-order chi connectivity index (χ1) is 12.7. The van der Waals surface area contributed by atoms with Crippen molar-refractivity contribution in [2.24, 2.45) is 0 Å². The summed E-state index contributed by atoms with van der Waals surface area (Å²) >= 11 is 0. The van der Waals surface area contributed by atoms with E-state index in [-0.39, 0.29) is 24.4 Å². The van der Waals surface area contributed by atoms with E-state index in [4.69, 9.17) is 4.74 Å². The Bertz CT molecular complexity index is 742. The van der Waals surface area contributed by atoms with Crippen molar-refractivity contribution < 1.29 is 19.1 Å². The number of carbonyl (C=O) groups is 2. The van der Waals surface area contributed by atoms with Crippen LogP contribution in [0.25, 0.3) is 11.1 Å². The summed E-state index contributed by atoms with van der Waals surface area (Å²) in [7, 11) is 1.35. The SMILES string of the molecule is COC(=O)CC1CN(C(=O)Cc2ccc(-c3ccccc3)cc2)CCO1. The molecular formula is C21H23NO4. The van der Waals surface area contributed by atoms with E-state index in [1.165, 1.54) is 7.11 Å². The molecule has 26 heavy (non-hydrogen) atoms. The number of methoxy groups -OCH3 is 1. The molecule has 1 unspecified atom stereocenters. The molecule has 2 aromatic carbocycles. The number of morpholine rings is 1. The Labute approximate surface area is 153 Å². The molecule has 1 aliphatic heterocycles. The second-order valence-electron chi connectivity index (χ2n) is 6.35. The van der Waals surface area contributed by atoms with E-state index < -0.39 is 0 Å². The number of rotatable bonds is 5. The molecule has 1 fully saturated rings. The highest BCUT2D eigenvalue weighted by Gasteiger charge is 2.26. The van der Waals surface area contributed by atoms with Crippen LogP contribution < -0.4 is 0 Å². The molecule has 1 heterocycles. The van der Waals surface area contributed by atoms with Gasteiger partial charge in [0.25, 0.3) is 0 Å². The Morgan fingerprint density at radius 3 is 2.46 bits per heavy atom. The topological polar surface area (TPSA) is 55.8 Å². The predicted molar refractivity (Wildman–Crippen MR) is 98.5 cm³/mol. The van der Waals surface area contributed by atoms with E-state index in [1.807, 2.05) is 42.5 Å². The van der Waals surface area contributed by atoms with Crippen LogP contribution >= 0.6 is 0 Å². The molecule has 0 aliphatic carbocycles. The van der Waals surface area contributed by atoms with Crippen molar-refractivity contribution in [1.29, 1.82) is 0 Å². The van der Waals surface area contributed by atoms with E-state index in [1.54, 1.807) is 4.90 Å². The van der Waals surface area contributed by atoms with Crippen LogP contribution in [-0.2, 0) is 25.5 Å². The molecule has 0 N–H and O–H groups in total. The minimum atomic E-state index is -0.319. The zero-order valence-corrected chi connectivity index (χ0v) is 14.9. The number of esters is 1. The molecule has 1 atom stereocenters. The van der Waals surface area contributed by atoms with Gasteiger partial charge in [0.15, 0.2) is 0 Å². The number of benzene rings is 2. The van der Waals surface area contributed by atoms with Gasteiger partial charge in [0.2, 0.25) is 5.91 Å². The summed E-state index contributed by atoms with van der Waals surface area (Å²) < 4.78 is 10.2. The minimum absolute atomic E-state index is 0.0515. The summed E-state index contributed by atoms with van der Waals surface area (Å²) in [6.45, 7) is 1.43. The molecule has 3 rings (SSSR count). The summed E-state index contributed by atoms with van der Waals surface area (Å²) in [5.74, 6) is -0.267. The summed E-state index contributed by atoms with van der Waals surface area (Å²) in [6.07, 6.45) is 0.229. The van der Waals surface area contributed by atoms with Crippen molar-refractivity contribution in [3.05, 3.63) is 60.2 Å². The Kier molecular flexibility index (Phi) is 6.02. The lowest BCUT2D eigenvalue weighted by atomic mass is 10.0. The van der Waals surface area contributed by atoms with E-state index in [0.717, 1.165) is 16.7 Å². The number of ether oxygens (including phenoxy) is 2. The van der Waals surface area contributed by atoms with Gasteiger partial charge >= 0.3 is 5.97 Å². The molecule has 0 radical (unpaired) electrons. The van der Waals surface area contributed by atoms with Gasteiger partial charge < -0.3 is 14.4 Å². The standard InChI is InChI=1S/C21H23NO4/c1-25-21(24)14-19-15-22(11-12-26-19)20(23)13-16-7-9-18(10-8-16)17-5-3-2-4-6-17/h2-10,19H,11-15H2,1H3. The van der Waals surface area contributed by atoms with E-state index in [0.29, 0.717) is 26.1 Å². The van der Waals surface area contributed by atoms with Crippen LogP contribution in [0.5, 0.6) is 0 Å². The maximum atomic E-state index is 12.6. The van der Waals surface area contributed by atoms with Gasteiger partial charge in [0, 0.05) is 13.1 Å². The van der Waals surface area contributed by atoms with Crippen LogP contribution in [0, 0.1) is 0 Å². The lowest BCUT2D eigenvalue weighted by Gasteiger charge is -2.32. The number of amides is 1. The van der Waals surface area contributed by atoms with Gasteiger partial charge in [-0.15, -0.1) is 0 Å². The summed E-state index contributed by atoms with van der Waals surface area (Å²) in [6, 6.07) is 18.2. The van der Waals surface area contributed by atoms with Crippen molar-refractivity contribution in [1.82, 2.24) is 4.90 Å². The van der Waals surface area contributed by atoms with Crippen LogP contribution in [-0.4, -0.2) is 49.7 Å². The third-order valence-electron chi connectivity index (χ3n) is 4.53. The molecule has 0 bridgehead atoms. The molecule has 1 saturated heterocycles.